The number of carbonyl (C=O) groups excluding carboxylic acids is 1. The highest BCUT2D eigenvalue weighted by Gasteiger charge is 2.18. The van der Waals surface area contributed by atoms with E-state index in [-0.39, 0.29) is 0 Å². The lowest BCUT2D eigenvalue weighted by Crippen LogP contribution is -2.05. The van der Waals surface area contributed by atoms with Crippen molar-refractivity contribution in [3.05, 3.63) is 29.8 Å². The summed E-state index contributed by atoms with van der Waals surface area (Å²) in [7, 11) is 3.17. The third-order valence-corrected chi connectivity index (χ3v) is 2.54. The number of aryl methyl sites for hydroxylation is 1. The van der Waals surface area contributed by atoms with Gasteiger partial charge >= 0.3 is 5.97 Å². The molecule has 2 aromatic rings. The standard InChI is InChI=1S/C11H12N2O2/c1-13-8-6-4-3-5-7(8)9(10(13)12)11(14)15-2/h3-6H,12H2,1-2H3. The molecule has 0 saturated carbocycles. The molecule has 4 heteroatoms. The van der Waals surface area contributed by atoms with E-state index in [0.717, 1.165) is 10.9 Å². The predicted molar refractivity (Wildman–Crippen MR) is 58.7 cm³/mol. The monoisotopic (exact) mass is 204 g/mol. The number of carbonyl (C=O) groups is 1. The molecule has 0 fully saturated rings. The molecule has 0 saturated heterocycles. The van der Waals surface area contributed by atoms with Gasteiger partial charge in [-0.25, -0.2) is 4.79 Å². The summed E-state index contributed by atoms with van der Waals surface area (Å²) in [6.45, 7) is 0. The van der Waals surface area contributed by atoms with Gasteiger partial charge in [-0.3, -0.25) is 0 Å². The predicted octanol–water partition coefficient (Wildman–Crippen LogP) is 1.55. The number of anilines is 1. The van der Waals surface area contributed by atoms with Crippen molar-refractivity contribution in [1.82, 2.24) is 4.57 Å². The minimum Gasteiger partial charge on any atom is -0.465 e. The van der Waals surface area contributed by atoms with E-state index in [9.17, 15) is 4.79 Å². The van der Waals surface area contributed by atoms with Crippen LogP contribution in [-0.2, 0) is 11.8 Å². The van der Waals surface area contributed by atoms with E-state index < -0.39 is 5.97 Å². The van der Waals surface area contributed by atoms with E-state index in [1.165, 1.54) is 7.11 Å². The Kier molecular flexibility index (Phi) is 2.11. The van der Waals surface area contributed by atoms with E-state index in [2.05, 4.69) is 0 Å². The molecular weight excluding hydrogens is 192 g/mol. The maximum atomic E-state index is 11.5. The van der Waals surface area contributed by atoms with Gasteiger partial charge in [0.05, 0.1) is 12.6 Å². The summed E-state index contributed by atoms with van der Waals surface area (Å²) in [5.41, 5.74) is 7.22. The van der Waals surface area contributed by atoms with Crippen LogP contribution < -0.4 is 5.73 Å². The summed E-state index contributed by atoms with van der Waals surface area (Å²) in [5, 5.41) is 0.823. The van der Waals surface area contributed by atoms with Crippen molar-refractivity contribution in [3.63, 3.8) is 0 Å². The minimum absolute atomic E-state index is 0.399. The van der Waals surface area contributed by atoms with Crippen molar-refractivity contribution in [2.45, 2.75) is 0 Å². The second kappa shape index (κ2) is 3.31. The van der Waals surface area contributed by atoms with Crippen molar-refractivity contribution in [2.75, 3.05) is 12.8 Å². The van der Waals surface area contributed by atoms with Gasteiger partial charge in [0.1, 0.15) is 11.4 Å². The summed E-state index contributed by atoms with van der Waals surface area (Å²) in [4.78, 5) is 11.5. The molecule has 0 atom stereocenters. The first-order valence-corrected chi connectivity index (χ1v) is 4.58. The lowest BCUT2D eigenvalue weighted by atomic mass is 10.1. The molecule has 0 aliphatic heterocycles. The molecule has 1 aromatic carbocycles. The van der Waals surface area contributed by atoms with Crippen molar-refractivity contribution in [1.29, 1.82) is 0 Å². The zero-order valence-corrected chi connectivity index (χ0v) is 8.65. The number of methoxy groups -OCH3 is 1. The van der Waals surface area contributed by atoms with Gasteiger partial charge in [-0.2, -0.15) is 0 Å². The van der Waals surface area contributed by atoms with Crippen LogP contribution in [-0.4, -0.2) is 17.6 Å². The van der Waals surface area contributed by atoms with Crippen molar-refractivity contribution in [2.24, 2.45) is 7.05 Å². The number of nitrogens with two attached hydrogens (primary N) is 1. The zero-order chi connectivity index (χ0) is 11.0. The van der Waals surface area contributed by atoms with Crippen LogP contribution in [0.5, 0.6) is 0 Å². The van der Waals surface area contributed by atoms with Crippen LogP contribution in [0, 0.1) is 0 Å². The van der Waals surface area contributed by atoms with Gasteiger partial charge in [0.25, 0.3) is 0 Å². The number of fused-ring (bicyclic) bond motifs is 1. The molecule has 2 rings (SSSR count). The Bertz CT molecular complexity index is 529. The number of para-hydroxylation sites is 1. The molecule has 0 aliphatic carbocycles. The van der Waals surface area contributed by atoms with Crippen LogP contribution in [0.25, 0.3) is 10.9 Å². The van der Waals surface area contributed by atoms with Crippen LogP contribution in [0.4, 0.5) is 5.82 Å². The second-order valence-corrected chi connectivity index (χ2v) is 3.33. The third-order valence-electron chi connectivity index (χ3n) is 2.54. The van der Waals surface area contributed by atoms with Crippen LogP contribution in [0.15, 0.2) is 24.3 Å². The highest BCUT2D eigenvalue weighted by atomic mass is 16.5. The minimum atomic E-state index is -0.399. The Hall–Kier alpha value is -1.97. The van der Waals surface area contributed by atoms with Gasteiger partial charge in [-0.05, 0) is 6.07 Å². The average Bonchev–Trinajstić information content (AvgIpc) is 2.52. The van der Waals surface area contributed by atoms with Crippen molar-refractivity contribution >= 4 is 22.7 Å². The summed E-state index contributed by atoms with van der Waals surface area (Å²) in [6.07, 6.45) is 0. The number of esters is 1. The Labute approximate surface area is 87.2 Å². The van der Waals surface area contributed by atoms with Crippen molar-refractivity contribution in [3.8, 4) is 0 Å². The van der Waals surface area contributed by atoms with E-state index in [0.29, 0.717) is 11.4 Å². The molecule has 0 spiro atoms. The Morgan fingerprint density at radius 1 is 1.40 bits per heavy atom. The number of hydrogen-bond acceptors (Lipinski definition) is 3. The maximum Gasteiger partial charge on any atom is 0.342 e. The lowest BCUT2D eigenvalue weighted by Gasteiger charge is -1.99. The summed E-state index contributed by atoms with van der Waals surface area (Å²) in [6, 6.07) is 7.55. The largest absolute Gasteiger partial charge is 0.465 e. The van der Waals surface area contributed by atoms with Gasteiger partial charge in [0, 0.05) is 12.4 Å². The number of hydrogen-bond donors (Lipinski definition) is 1. The molecule has 0 aliphatic rings. The fraction of sp³-hybridized carbons (Fsp3) is 0.182. The molecule has 1 aromatic heterocycles. The zero-order valence-electron chi connectivity index (χ0n) is 8.65. The fourth-order valence-electron chi connectivity index (χ4n) is 1.73. The van der Waals surface area contributed by atoms with Crippen LogP contribution in [0.3, 0.4) is 0 Å². The SMILES string of the molecule is COC(=O)c1c(N)n(C)c2ccccc12. The topological polar surface area (TPSA) is 57.2 Å². The smallest absolute Gasteiger partial charge is 0.342 e. The van der Waals surface area contributed by atoms with Gasteiger partial charge in [0.2, 0.25) is 0 Å². The van der Waals surface area contributed by atoms with Gasteiger partial charge in [-0.15, -0.1) is 0 Å². The number of aromatic nitrogens is 1. The van der Waals surface area contributed by atoms with Crippen LogP contribution in [0.2, 0.25) is 0 Å². The van der Waals surface area contributed by atoms with Crippen LogP contribution in [0.1, 0.15) is 10.4 Å². The number of ether oxygens (including phenoxy) is 1. The summed E-state index contributed by atoms with van der Waals surface area (Å²) in [5.74, 6) is 0.0346. The van der Waals surface area contributed by atoms with E-state index in [1.807, 2.05) is 31.3 Å². The number of benzene rings is 1. The number of nitrogens with zero attached hydrogens (tertiary/aromatic N) is 1. The summed E-state index contributed by atoms with van der Waals surface area (Å²) < 4.78 is 6.49. The number of nitrogen functional groups attached to an aromatic ring is 1. The quantitative estimate of drug-likeness (QED) is 0.717. The maximum absolute atomic E-state index is 11.5. The average molecular weight is 204 g/mol. The Balaban J connectivity index is 2.83. The Morgan fingerprint density at radius 3 is 2.73 bits per heavy atom. The van der Waals surface area contributed by atoms with Gasteiger partial charge in [0.15, 0.2) is 0 Å². The normalized spacial score (nSPS) is 10.5. The molecule has 0 radical (unpaired) electrons. The Morgan fingerprint density at radius 2 is 2.07 bits per heavy atom. The van der Waals surface area contributed by atoms with Crippen molar-refractivity contribution < 1.29 is 9.53 Å². The molecule has 4 nitrogen and oxygen atoms in total. The van der Waals surface area contributed by atoms with Gasteiger partial charge in [-0.1, -0.05) is 18.2 Å². The first-order valence-electron chi connectivity index (χ1n) is 4.58. The fourth-order valence-corrected chi connectivity index (χ4v) is 1.73. The summed E-state index contributed by atoms with van der Waals surface area (Å²) >= 11 is 0. The highest BCUT2D eigenvalue weighted by molar-refractivity contribution is 6.09. The molecule has 2 N–H and O–H groups in total. The molecular formula is C11H12N2O2. The molecule has 1 heterocycles. The third kappa shape index (κ3) is 1.26. The molecule has 78 valence electrons. The molecule has 0 amide bonds. The van der Waals surface area contributed by atoms with Gasteiger partial charge < -0.3 is 15.0 Å². The number of rotatable bonds is 1. The first kappa shape index (κ1) is 9.58. The molecule has 0 unspecified atom stereocenters. The highest BCUT2D eigenvalue weighted by Crippen LogP contribution is 2.27. The van der Waals surface area contributed by atoms with E-state index in [4.69, 9.17) is 10.5 Å². The second-order valence-electron chi connectivity index (χ2n) is 3.33. The van der Waals surface area contributed by atoms with E-state index >= 15 is 0 Å². The molecule has 0 bridgehead atoms. The molecule has 15 heavy (non-hydrogen) atoms. The van der Waals surface area contributed by atoms with E-state index in [1.54, 1.807) is 4.57 Å². The first-order chi connectivity index (χ1) is 7.16. The lowest BCUT2D eigenvalue weighted by molar-refractivity contribution is 0.0604. The van der Waals surface area contributed by atoms with Crippen LogP contribution >= 0.6 is 0 Å².